The quantitative estimate of drug-likeness (QED) is 0.387. The molecule has 8 nitrogen and oxygen atoms in total. The van der Waals surface area contributed by atoms with Crippen LogP contribution in [0.1, 0.15) is 27.2 Å². The van der Waals surface area contributed by atoms with Gasteiger partial charge in [0.25, 0.3) is 11.7 Å². The molecule has 0 saturated heterocycles. The van der Waals surface area contributed by atoms with Crippen LogP contribution in [0.25, 0.3) is 17.2 Å². The molecule has 2 N–H and O–H groups in total. The molecular weight excluding hydrogens is 426 g/mol. The van der Waals surface area contributed by atoms with Crippen molar-refractivity contribution >= 4 is 28.9 Å². The van der Waals surface area contributed by atoms with Crippen LogP contribution >= 0.6 is 0 Å². The number of nitrogens with zero attached hydrogens (tertiary/aromatic N) is 5. The number of nitrogens with one attached hydrogen (secondary N) is 2. The van der Waals surface area contributed by atoms with Crippen LogP contribution in [-0.2, 0) is 0 Å². The molecule has 0 bridgehead atoms. The highest BCUT2D eigenvalue weighted by molar-refractivity contribution is 6.05. The lowest BCUT2D eigenvalue weighted by Gasteiger charge is -2.11. The van der Waals surface area contributed by atoms with Crippen LogP contribution in [0, 0.1) is 20.8 Å². The molecule has 0 fully saturated rings. The first kappa shape index (κ1) is 21.3. The minimum Gasteiger partial charge on any atom is -0.340 e. The average Bonchev–Trinajstić information content (AvgIpc) is 3.23. The molecule has 5 rings (SSSR count). The third kappa shape index (κ3) is 4.47. The number of rotatable bonds is 5. The number of fused-ring (bicyclic) bond motifs is 1. The highest BCUT2D eigenvalue weighted by atomic mass is 16.1. The van der Waals surface area contributed by atoms with Crippen LogP contribution in [0.2, 0.25) is 0 Å². The molecule has 0 aliphatic rings. The van der Waals surface area contributed by atoms with E-state index in [1.54, 1.807) is 29.0 Å². The SMILES string of the molecule is Cc1cc(C)cc(NC(=O)c2cccc(Nc3cc(C)nc4nc(-c5cccnc5)nn34)c2)c1. The topological polar surface area (TPSA) is 97.1 Å². The average molecular weight is 450 g/mol. The van der Waals surface area contributed by atoms with Crippen molar-refractivity contribution in [3.05, 3.63) is 95.4 Å². The third-order valence-electron chi connectivity index (χ3n) is 5.24. The Bertz CT molecular complexity index is 1490. The van der Waals surface area contributed by atoms with Crippen molar-refractivity contribution in [2.24, 2.45) is 0 Å². The van der Waals surface area contributed by atoms with Crippen molar-refractivity contribution in [2.75, 3.05) is 10.6 Å². The van der Waals surface area contributed by atoms with Gasteiger partial charge in [-0.15, -0.1) is 5.10 Å². The molecule has 1 amide bonds. The summed E-state index contributed by atoms with van der Waals surface area (Å²) in [6.07, 6.45) is 3.42. The predicted molar refractivity (Wildman–Crippen MR) is 132 cm³/mol. The van der Waals surface area contributed by atoms with Gasteiger partial charge in [0.15, 0.2) is 5.82 Å². The van der Waals surface area contributed by atoms with Crippen LogP contribution in [0.15, 0.2) is 73.1 Å². The summed E-state index contributed by atoms with van der Waals surface area (Å²) in [5.41, 5.74) is 5.87. The van der Waals surface area contributed by atoms with Crippen molar-refractivity contribution in [3.8, 4) is 11.4 Å². The maximum atomic E-state index is 12.9. The van der Waals surface area contributed by atoms with Gasteiger partial charge in [0, 0.05) is 46.7 Å². The van der Waals surface area contributed by atoms with E-state index in [-0.39, 0.29) is 5.91 Å². The van der Waals surface area contributed by atoms with Gasteiger partial charge < -0.3 is 10.6 Å². The number of carbonyl (C=O) groups excluding carboxylic acids is 1. The summed E-state index contributed by atoms with van der Waals surface area (Å²) in [5, 5.41) is 10.9. The molecule has 0 aliphatic carbocycles. The van der Waals surface area contributed by atoms with Gasteiger partial charge in [0.2, 0.25) is 0 Å². The second-order valence-corrected chi connectivity index (χ2v) is 8.21. The van der Waals surface area contributed by atoms with Crippen LogP contribution < -0.4 is 10.6 Å². The smallest absolute Gasteiger partial charge is 0.255 e. The van der Waals surface area contributed by atoms with Crippen molar-refractivity contribution in [1.29, 1.82) is 0 Å². The zero-order valence-corrected chi connectivity index (χ0v) is 19.1. The van der Waals surface area contributed by atoms with Crippen molar-refractivity contribution in [1.82, 2.24) is 24.6 Å². The van der Waals surface area contributed by atoms with E-state index in [9.17, 15) is 4.79 Å². The number of pyridine rings is 1. The second kappa shape index (κ2) is 8.74. The van der Waals surface area contributed by atoms with Gasteiger partial charge in [-0.25, -0.2) is 4.98 Å². The number of anilines is 3. The third-order valence-corrected chi connectivity index (χ3v) is 5.24. The maximum absolute atomic E-state index is 12.9. The number of aromatic nitrogens is 5. The molecule has 5 aromatic rings. The molecule has 0 atom stereocenters. The summed E-state index contributed by atoms with van der Waals surface area (Å²) in [6, 6.07) is 18.9. The fourth-order valence-electron chi connectivity index (χ4n) is 3.83. The molecule has 168 valence electrons. The van der Waals surface area contributed by atoms with Gasteiger partial charge in [-0.3, -0.25) is 9.78 Å². The maximum Gasteiger partial charge on any atom is 0.255 e. The first-order valence-electron chi connectivity index (χ1n) is 10.9. The van der Waals surface area contributed by atoms with E-state index in [1.807, 2.05) is 63.2 Å². The second-order valence-electron chi connectivity index (χ2n) is 8.21. The molecule has 3 aromatic heterocycles. The summed E-state index contributed by atoms with van der Waals surface area (Å²) in [5.74, 6) is 1.53. The molecule has 0 radical (unpaired) electrons. The molecule has 0 unspecified atom stereocenters. The highest BCUT2D eigenvalue weighted by Crippen LogP contribution is 2.22. The lowest BCUT2D eigenvalue weighted by atomic mass is 10.1. The Morgan fingerprint density at radius 3 is 2.47 bits per heavy atom. The zero-order valence-electron chi connectivity index (χ0n) is 19.1. The molecule has 34 heavy (non-hydrogen) atoms. The largest absolute Gasteiger partial charge is 0.340 e. The van der Waals surface area contributed by atoms with Gasteiger partial charge in [-0.1, -0.05) is 12.1 Å². The Morgan fingerprint density at radius 2 is 1.71 bits per heavy atom. The van der Waals surface area contributed by atoms with E-state index < -0.39 is 0 Å². The molecule has 0 aliphatic heterocycles. The Hall–Kier alpha value is -4.59. The lowest BCUT2D eigenvalue weighted by Crippen LogP contribution is -2.12. The number of benzene rings is 2. The summed E-state index contributed by atoms with van der Waals surface area (Å²) >= 11 is 0. The van der Waals surface area contributed by atoms with Gasteiger partial charge >= 0.3 is 0 Å². The molecule has 8 heteroatoms. The van der Waals surface area contributed by atoms with Crippen molar-refractivity contribution < 1.29 is 4.79 Å². The molecule has 2 aromatic carbocycles. The first-order chi connectivity index (χ1) is 16.4. The Balaban J connectivity index is 1.43. The number of amides is 1. The number of aryl methyl sites for hydroxylation is 3. The molecular formula is C26H23N7O. The standard InChI is InChI=1S/C26H23N7O/c1-16-10-17(2)12-22(11-16)30-25(34)19-6-4-8-21(14-19)29-23-13-18(3)28-26-31-24(32-33(23)26)20-7-5-9-27-15-20/h4-15,29H,1-3H3,(H,30,34). The van der Waals surface area contributed by atoms with E-state index in [0.717, 1.165) is 33.8 Å². The Labute approximate surface area is 196 Å². The summed E-state index contributed by atoms with van der Waals surface area (Å²) in [4.78, 5) is 26.1. The highest BCUT2D eigenvalue weighted by Gasteiger charge is 2.13. The molecule has 0 saturated carbocycles. The van der Waals surface area contributed by atoms with Gasteiger partial charge in [-0.05, 0) is 74.4 Å². The fourth-order valence-corrected chi connectivity index (χ4v) is 3.83. The van der Waals surface area contributed by atoms with E-state index >= 15 is 0 Å². The predicted octanol–water partition coefficient (Wildman–Crippen LogP) is 5.11. The minimum absolute atomic E-state index is 0.177. The van der Waals surface area contributed by atoms with Gasteiger partial charge in [0.05, 0.1) is 0 Å². The summed E-state index contributed by atoms with van der Waals surface area (Å²) in [6.45, 7) is 5.92. The monoisotopic (exact) mass is 449 g/mol. The molecule has 3 heterocycles. The Kier molecular flexibility index (Phi) is 5.47. The normalized spacial score (nSPS) is 10.9. The summed E-state index contributed by atoms with van der Waals surface area (Å²) in [7, 11) is 0. The van der Waals surface area contributed by atoms with Crippen LogP contribution in [-0.4, -0.2) is 30.5 Å². The number of carbonyl (C=O) groups is 1. The zero-order chi connectivity index (χ0) is 23.7. The minimum atomic E-state index is -0.177. The molecule has 0 spiro atoms. The first-order valence-corrected chi connectivity index (χ1v) is 10.9. The van der Waals surface area contributed by atoms with Crippen molar-refractivity contribution in [3.63, 3.8) is 0 Å². The number of hydrogen-bond donors (Lipinski definition) is 2. The van der Waals surface area contributed by atoms with Crippen LogP contribution in [0.3, 0.4) is 0 Å². The van der Waals surface area contributed by atoms with Crippen LogP contribution in [0.4, 0.5) is 17.2 Å². The summed E-state index contributed by atoms with van der Waals surface area (Å²) < 4.78 is 1.65. The van der Waals surface area contributed by atoms with E-state index in [0.29, 0.717) is 23.0 Å². The van der Waals surface area contributed by atoms with E-state index in [1.165, 1.54) is 0 Å². The van der Waals surface area contributed by atoms with Gasteiger partial charge in [0.1, 0.15) is 5.82 Å². The fraction of sp³-hybridized carbons (Fsp3) is 0.115. The van der Waals surface area contributed by atoms with E-state index in [4.69, 9.17) is 0 Å². The lowest BCUT2D eigenvalue weighted by molar-refractivity contribution is 0.102. The van der Waals surface area contributed by atoms with Crippen molar-refractivity contribution in [2.45, 2.75) is 20.8 Å². The van der Waals surface area contributed by atoms with E-state index in [2.05, 4.69) is 36.8 Å². The van der Waals surface area contributed by atoms with Gasteiger partial charge in [-0.2, -0.15) is 9.50 Å². The number of hydrogen-bond acceptors (Lipinski definition) is 6. The van der Waals surface area contributed by atoms with Crippen LogP contribution in [0.5, 0.6) is 0 Å². The Morgan fingerprint density at radius 1 is 0.882 bits per heavy atom.